The molecule has 0 saturated carbocycles. The summed E-state index contributed by atoms with van der Waals surface area (Å²) in [4.78, 5) is 26.6. The SMILES string of the molecule is CNC(=O)C1CCCN(C(=O)c2ccc(S)cc2)C1. The lowest BCUT2D eigenvalue weighted by Crippen LogP contribution is -2.44. The standard InChI is InChI=1S/C14H18N2O2S/c1-15-13(17)11-3-2-8-16(9-11)14(18)10-4-6-12(19)7-5-10/h4-7,11,19H,2-3,8-9H2,1H3,(H,15,17). The summed E-state index contributed by atoms with van der Waals surface area (Å²) in [5.41, 5.74) is 0.648. The van der Waals surface area contributed by atoms with E-state index in [9.17, 15) is 9.59 Å². The summed E-state index contributed by atoms with van der Waals surface area (Å²) in [6, 6.07) is 7.15. The third kappa shape index (κ3) is 3.29. The number of rotatable bonds is 2. The van der Waals surface area contributed by atoms with Gasteiger partial charge in [0.25, 0.3) is 5.91 Å². The van der Waals surface area contributed by atoms with Crippen molar-refractivity contribution in [1.29, 1.82) is 0 Å². The first-order valence-electron chi connectivity index (χ1n) is 6.41. The molecular weight excluding hydrogens is 260 g/mol. The van der Waals surface area contributed by atoms with Crippen molar-refractivity contribution in [2.75, 3.05) is 20.1 Å². The summed E-state index contributed by atoms with van der Waals surface area (Å²) >= 11 is 4.20. The van der Waals surface area contributed by atoms with E-state index in [4.69, 9.17) is 0 Å². The van der Waals surface area contributed by atoms with Crippen LogP contribution < -0.4 is 5.32 Å². The summed E-state index contributed by atoms with van der Waals surface area (Å²) in [5, 5.41) is 2.65. The topological polar surface area (TPSA) is 49.4 Å². The number of thiol groups is 1. The molecule has 2 rings (SSSR count). The van der Waals surface area contributed by atoms with Crippen molar-refractivity contribution < 1.29 is 9.59 Å². The third-order valence-electron chi connectivity index (χ3n) is 3.44. The predicted molar refractivity (Wildman–Crippen MR) is 76.4 cm³/mol. The van der Waals surface area contributed by atoms with E-state index in [1.807, 2.05) is 0 Å². The molecule has 0 aliphatic carbocycles. The molecule has 1 aromatic rings. The maximum Gasteiger partial charge on any atom is 0.253 e. The van der Waals surface area contributed by atoms with Gasteiger partial charge in [0.1, 0.15) is 0 Å². The van der Waals surface area contributed by atoms with Gasteiger partial charge in [-0.3, -0.25) is 9.59 Å². The second-order valence-corrected chi connectivity index (χ2v) is 5.27. The summed E-state index contributed by atoms with van der Waals surface area (Å²) in [5.74, 6) is -0.0861. The number of nitrogens with zero attached hydrogens (tertiary/aromatic N) is 1. The maximum absolute atomic E-state index is 12.3. The Morgan fingerprint density at radius 3 is 2.63 bits per heavy atom. The van der Waals surface area contributed by atoms with Crippen LogP contribution in [0, 0.1) is 5.92 Å². The molecule has 1 unspecified atom stereocenters. The molecule has 0 spiro atoms. The van der Waals surface area contributed by atoms with Crippen LogP contribution in [-0.4, -0.2) is 36.9 Å². The minimum atomic E-state index is -0.0909. The van der Waals surface area contributed by atoms with E-state index in [2.05, 4.69) is 17.9 Å². The van der Waals surface area contributed by atoms with Crippen molar-refractivity contribution >= 4 is 24.4 Å². The monoisotopic (exact) mass is 278 g/mol. The number of piperidine rings is 1. The van der Waals surface area contributed by atoms with Gasteiger partial charge >= 0.3 is 0 Å². The van der Waals surface area contributed by atoms with E-state index >= 15 is 0 Å². The van der Waals surface area contributed by atoms with Crippen LogP contribution in [0.4, 0.5) is 0 Å². The van der Waals surface area contributed by atoms with Gasteiger partial charge in [0.2, 0.25) is 5.91 Å². The fourth-order valence-corrected chi connectivity index (χ4v) is 2.52. The maximum atomic E-state index is 12.3. The zero-order valence-corrected chi connectivity index (χ0v) is 11.8. The smallest absolute Gasteiger partial charge is 0.253 e. The fourth-order valence-electron chi connectivity index (χ4n) is 2.37. The quantitative estimate of drug-likeness (QED) is 0.807. The number of hydrogen-bond donors (Lipinski definition) is 2. The van der Waals surface area contributed by atoms with Crippen LogP contribution in [0.3, 0.4) is 0 Å². The van der Waals surface area contributed by atoms with Gasteiger partial charge in [0.15, 0.2) is 0 Å². The third-order valence-corrected chi connectivity index (χ3v) is 3.74. The van der Waals surface area contributed by atoms with Gasteiger partial charge in [-0.1, -0.05) is 0 Å². The Bertz CT molecular complexity index is 473. The normalized spacial score (nSPS) is 19.1. The molecule has 0 aromatic heterocycles. The highest BCUT2D eigenvalue weighted by Gasteiger charge is 2.28. The molecule has 1 aromatic carbocycles. The molecule has 0 bridgehead atoms. The molecule has 1 saturated heterocycles. The van der Waals surface area contributed by atoms with Gasteiger partial charge in [0, 0.05) is 30.6 Å². The van der Waals surface area contributed by atoms with Crippen molar-refractivity contribution in [2.45, 2.75) is 17.7 Å². The van der Waals surface area contributed by atoms with Crippen LogP contribution in [0.2, 0.25) is 0 Å². The molecule has 1 fully saturated rings. The summed E-state index contributed by atoms with van der Waals surface area (Å²) in [6.45, 7) is 1.22. The van der Waals surface area contributed by atoms with Crippen LogP contribution in [0.25, 0.3) is 0 Å². The molecule has 1 heterocycles. The fraction of sp³-hybridized carbons (Fsp3) is 0.429. The number of amides is 2. The molecule has 5 heteroatoms. The Morgan fingerprint density at radius 2 is 2.00 bits per heavy atom. The van der Waals surface area contributed by atoms with Gasteiger partial charge in [-0.2, -0.15) is 0 Å². The molecule has 1 aliphatic heterocycles. The lowest BCUT2D eigenvalue weighted by atomic mass is 9.96. The zero-order valence-electron chi connectivity index (χ0n) is 10.9. The van der Waals surface area contributed by atoms with Crippen molar-refractivity contribution in [2.24, 2.45) is 5.92 Å². The van der Waals surface area contributed by atoms with Crippen molar-refractivity contribution in [3.63, 3.8) is 0 Å². The first-order valence-corrected chi connectivity index (χ1v) is 6.86. The summed E-state index contributed by atoms with van der Waals surface area (Å²) in [6.07, 6.45) is 1.72. The molecule has 1 aliphatic rings. The summed E-state index contributed by atoms with van der Waals surface area (Å²) in [7, 11) is 1.63. The Morgan fingerprint density at radius 1 is 1.32 bits per heavy atom. The molecular formula is C14H18N2O2S. The first-order chi connectivity index (χ1) is 9.11. The summed E-state index contributed by atoms with van der Waals surface area (Å²) < 4.78 is 0. The predicted octanol–water partition coefficient (Wildman–Crippen LogP) is 1.57. The number of likely N-dealkylation sites (tertiary alicyclic amines) is 1. The van der Waals surface area contributed by atoms with Crippen LogP contribution in [0.1, 0.15) is 23.2 Å². The van der Waals surface area contributed by atoms with Crippen LogP contribution in [0.15, 0.2) is 29.2 Å². The average Bonchev–Trinajstić information content (AvgIpc) is 2.46. The Labute approximate surface area is 118 Å². The van der Waals surface area contributed by atoms with E-state index < -0.39 is 0 Å². The van der Waals surface area contributed by atoms with Gasteiger partial charge < -0.3 is 10.2 Å². The number of nitrogens with one attached hydrogen (secondary N) is 1. The number of benzene rings is 1. The minimum absolute atomic E-state index is 0.0121. The van der Waals surface area contributed by atoms with E-state index in [-0.39, 0.29) is 17.7 Å². The molecule has 1 atom stereocenters. The Hall–Kier alpha value is -1.49. The van der Waals surface area contributed by atoms with Crippen molar-refractivity contribution in [3.8, 4) is 0 Å². The van der Waals surface area contributed by atoms with E-state index in [1.165, 1.54) is 0 Å². The molecule has 4 nitrogen and oxygen atoms in total. The van der Waals surface area contributed by atoms with Crippen molar-refractivity contribution in [3.05, 3.63) is 29.8 Å². The molecule has 1 N–H and O–H groups in total. The van der Waals surface area contributed by atoms with Crippen LogP contribution >= 0.6 is 12.6 Å². The first kappa shape index (κ1) is 13.9. The van der Waals surface area contributed by atoms with Crippen LogP contribution in [0.5, 0.6) is 0 Å². The highest BCUT2D eigenvalue weighted by molar-refractivity contribution is 7.80. The van der Waals surface area contributed by atoms with Crippen LogP contribution in [-0.2, 0) is 4.79 Å². The van der Waals surface area contributed by atoms with E-state index in [0.29, 0.717) is 12.1 Å². The Kier molecular flexibility index (Phi) is 4.47. The molecule has 19 heavy (non-hydrogen) atoms. The second-order valence-electron chi connectivity index (χ2n) is 4.75. The molecule has 0 radical (unpaired) electrons. The Balaban J connectivity index is 2.06. The lowest BCUT2D eigenvalue weighted by Gasteiger charge is -2.31. The highest BCUT2D eigenvalue weighted by atomic mass is 32.1. The zero-order chi connectivity index (χ0) is 13.8. The second kappa shape index (κ2) is 6.10. The van der Waals surface area contributed by atoms with Gasteiger partial charge in [0.05, 0.1) is 5.92 Å². The average molecular weight is 278 g/mol. The molecule has 2 amide bonds. The lowest BCUT2D eigenvalue weighted by molar-refractivity contribution is -0.125. The number of carbonyl (C=O) groups excluding carboxylic acids is 2. The van der Waals surface area contributed by atoms with Gasteiger partial charge in [-0.15, -0.1) is 12.6 Å². The van der Waals surface area contributed by atoms with Gasteiger partial charge in [-0.05, 0) is 37.1 Å². The largest absolute Gasteiger partial charge is 0.359 e. The number of carbonyl (C=O) groups is 2. The highest BCUT2D eigenvalue weighted by Crippen LogP contribution is 2.19. The molecule has 102 valence electrons. The van der Waals surface area contributed by atoms with Gasteiger partial charge in [-0.25, -0.2) is 0 Å². The van der Waals surface area contributed by atoms with E-state index in [1.54, 1.807) is 36.2 Å². The van der Waals surface area contributed by atoms with Crippen molar-refractivity contribution in [1.82, 2.24) is 10.2 Å². The number of hydrogen-bond acceptors (Lipinski definition) is 3. The minimum Gasteiger partial charge on any atom is -0.359 e. The van der Waals surface area contributed by atoms with E-state index in [0.717, 1.165) is 24.3 Å².